The molecule has 0 aliphatic carbocycles. The molecule has 0 aromatic heterocycles. The molecule has 2 atom stereocenters. The molecule has 0 bridgehead atoms. The predicted octanol–water partition coefficient (Wildman–Crippen LogP) is 0.813. The molecule has 0 amide bonds. The minimum atomic E-state index is -3.40. The van der Waals surface area contributed by atoms with Crippen LogP contribution in [-0.4, -0.2) is 56.0 Å². The number of aliphatic hydroxyl groups excluding tert-OH is 1. The maximum absolute atomic E-state index is 12.5. The number of hydrogen-bond donors (Lipinski definition) is 1. The Morgan fingerprint density at radius 2 is 2.10 bits per heavy atom. The van der Waals surface area contributed by atoms with Gasteiger partial charge in [0, 0.05) is 6.54 Å². The van der Waals surface area contributed by atoms with Gasteiger partial charge in [0.05, 0.1) is 31.6 Å². The van der Waals surface area contributed by atoms with Crippen molar-refractivity contribution < 1.29 is 18.3 Å². The van der Waals surface area contributed by atoms with Crippen LogP contribution in [0.15, 0.2) is 30.3 Å². The molecule has 112 valence electrons. The summed E-state index contributed by atoms with van der Waals surface area (Å²) >= 11 is 0. The van der Waals surface area contributed by atoms with Crippen LogP contribution in [0.25, 0.3) is 0 Å². The fraction of sp³-hybridized carbons (Fsp3) is 0.571. The molecule has 1 aromatic carbocycles. The Morgan fingerprint density at radius 1 is 1.40 bits per heavy atom. The molecule has 2 unspecified atom stereocenters. The molecule has 0 radical (unpaired) electrons. The van der Waals surface area contributed by atoms with Gasteiger partial charge in [0.2, 0.25) is 10.0 Å². The minimum absolute atomic E-state index is 0.0491. The molecule has 20 heavy (non-hydrogen) atoms. The SMILES string of the molecule is CC(CS(=O)(=O)N1CCOCC1CO)c1ccccc1. The Bertz CT molecular complexity index is 517. The lowest BCUT2D eigenvalue weighted by atomic mass is 10.0. The van der Waals surface area contributed by atoms with E-state index in [2.05, 4.69) is 0 Å². The molecule has 5 nitrogen and oxygen atoms in total. The largest absolute Gasteiger partial charge is 0.395 e. The third-order valence-electron chi connectivity index (χ3n) is 3.57. The van der Waals surface area contributed by atoms with Crippen LogP contribution in [0.1, 0.15) is 18.4 Å². The molecule has 1 N–H and O–H groups in total. The first-order valence-corrected chi connectivity index (χ1v) is 8.38. The highest BCUT2D eigenvalue weighted by molar-refractivity contribution is 7.89. The summed E-state index contributed by atoms with van der Waals surface area (Å²) < 4.78 is 31.6. The van der Waals surface area contributed by atoms with Gasteiger partial charge in [-0.1, -0.05) is 37.3 Å². The summed E-state index contributed by atoms with van der Waals surface area (Å²) in [5.74, 6) is -0.0311. The van der Waals surface area contributed by atoms with Gasteiger partial charge in [-0.2, -0.15) is 4.31 Å². The van der Waals surface area contributed by atoms with Gasteiger partial charge in [-0.05, 0) is 11.5 Å². The molecular weight excluding hydrogens is 278 g/mol. The van der Waals surface area contributed by atoms with E-state index in [0.29, 0.717) is 13.2 Å². The van der Waals surface area contributed by atoms with E-state index in [9.17, 15) is 13.5 Å². The van der Waals surface area contributed by atoms with Crippen LogP contribution in [0.3, 0.4) is 0 Å². The average molecular weight is 299 g/mol. The molecule has 2 rings (SSSR count). The van der Waals surface area contributed by atoms with E-state index in [1.54, 1.807) is 0 Å². The first-order chi connectivity index (χ1) is 9.54. The van der Waals surface area contributed by atoms with Crippen LogP contribution in [0, 0.1) is 0 Å². The van der Waals surface area contributed by atoms with Crippen molar-refractivity contribution in [3.05, 3.63) is 35.9 Å². The predicted molar refractivity (Wildman–Crippen MR) is 77.0 cm³/mol. The second-order valence-corrected chi connectivity index (χ2v) is 7.08. The Kier molecular flexibility index (Phi) is 5.15. The summed E-state index contributed by atoms with van der Waals surface area (Å²) in [6.07, 6.45) is 0. The molecule has 1 fully saturated rings. The number of hydrogen-bond acceptors (Lipinski definition) is 4. The minimum Gasteiger partial charge on any atom is -0.395 e. The van der Waals surface area contributed by atoms with Crippen LogP contribution < -0.4 is 0 Å². The number of morpholine rings is 1. The molecular formula is C14H21NO4S. The highest BCUT2D eigenvalue weighted by Crippen LogP contribution is 2.21. The number of aliphatic hydroxyl groups is 1. The molecule has 6 heteroatoms. The second kappa shape index (κ2) is 6.67. The zero-order chi connectivity index (χ0) is 14.6. The lowest BCUT2D eigenvalue weighted by molar-refractivity contribution is 0.0109. The van der Waals surface area contributed by atoms with Gasteiger partial charge < -0.3 is 9.84 Å². The Hall–Kier alpha value is -0.950. The highest BCUT2D eigenvalue weighted by Gasteiger charge is 2.33. The van der Waals surface area contributed by atoms with Gasteiger partial charge in [0.25, 0.3) is 0 Å². The Labute approximate surface area is 120 Å². The first kappa shape index (κ1) is 15.4. The van der Waals surface area contributed by atoms with Crippen molar-refractivity contribution in [3.63, 3.8) is 0 Å². The topological polar surface area (TPSA) is 66.8 Å². The van der Waals surface area contributed by atoms with E-state index in [0.717, 1.165) is 5.56 Å². The number of benzene rings is 1. The van der Waals surface area contributed by atoms with Crippen molar-refractivity contribution in [2.45, 2.75) is 18.9 Å². The maximum Gasteiger partial charge on any atom is 0.215 e. The zero-order valence-electron chi connectivity index (χ0n) is 11.6. The molecule has 0 spiro atoms. The molecule has 0 saturated carbocycles. The van der Waals surface area contributed by atoms with E-state index in [1.807, 2.05) is 37.3 Å². The van der Waals surface area contributed by atoms with Crippen molar-refractivity contribution in [3.8, 4) is 0 Å². The number of rotatable bonds is 5. The summed E-state index contributed by atoms with van der Waals surface area (Å²) in [5, 5.41) is 9.29. The normalized spacial score (nSPS) is 22.6. The summed E-state index contributed by atoms with van der Waals surface area (Å²) in [5.41, 5.74) is 1.00. The van der Waals surface area contributed by atoms with Gasteiger partial charge in [-0.15, -0.1) is 0 Å². The molecule has 1 saturated heterocycles. The van der Waals surface area contributed by atoms with Crippen molar-refractivity contribution in [1.82, 2.24) is 4.31 Å². The molecule has 1 heterocycles. The monoisotopic (exact) mass is 299 g/mol. The lowest BCUT2D eigenvalue weighted by Crippen LogP contribution is -2.51. The van der Waals surface area contributed by atoms with E-state index in [1.165, 1.54) is 4.31 Å². The third kappa shape index (κ3) is 3.58. The highest BCUT2D eigenvalue weighted by atomic mass is 32.2. The molecule has 1 aromatic rings. The Morgan fingerprint density at radius 3 is 2.75 bits per heavy atom. The fourth-order valence-corrected chi connectivity index (χ4v) is 4.39. The number of sulfonamides is 1. The molecule has 1 aliphatic heterocycles. The first-order valence-electron chi connectivity index (χ1n) is 6.77. The van der Waals surface area contributed by atoms with Crippen LogP contribution in [0.2, 0.25) is 0 Å². The quantitative estimate of drug-likeness (QED) is 0.874. The third-order valence-corrected chi connectivity index (χ3v) is 5.69. The van der Waals surface area contributed by atoms with Gasteiger partial charge in [-0.25, -0.2) is 8.42 Å². The van der Waals surface area contributed by atoms with Gasteiger partial charge in [0.1, 0.15) is 0 Å². The van der Waals surface area contributed by atoms with Crippen molar-refractivity contribution in [1.29, 1.82) is 0 Å². The number of nitrogens with zero attached hydrogens (tertiary/aromatic N) is 1. The summed E-state index contributed by atoms with van der Waals surface area (Å²) in [6, 6.07) is 9.13. The smallest absolute Gasteiger partial charge is 0.215 e. The van der Waals surface area contributed by atoms with Crippen LogP contribution in [0.4, 0.5) is 0 Å². The van der Waals surface area contributed by atoms with Crippen molar-refractivity contribution in [2.75, 3.05) is 32.1 Å². The fourth-order valence-electron chi connectivity index (χ4n) is 2.44. The summed E-state index contributed by atoms with van der Waals surface area (Å²) in [4.78, 5) is 0. The second-order valence-electron chi connectivity index (χ2n) is 5.11. The van der Waals surface area contributed by atoms with Gasteiger partial charge in [-0.3, -0.25) is 0 Å². The van der Waals surface area contributed by atoms with E-state index < -0.39 is 16.1 Å². The average Bonchev–Trinajstić information content (AvgIpc) is 2.47. The van der Waals surface area contributed by atoms with E-state index in [-0.39, 0.29) is 24.9 Å². The lowest BCUT2D eigenvalue weighted by Gasteiger charge is -2.34. The van der Waals surface area contributed by atoms with Gasteiger partial charge in [0.15, 0.2) is 0 Å². The summed E-state index contributed by atoms with van der Waals surface area (Å²) in [7, 11) is -3.40. The Balaban J connectivity index is 2.10. The van der Waals surface area contributed by atoms with Crippen molar-refractivity contribution in [2.24, 2.45) is 0 Å². The van der Waals surface area contributed by atoms with Crippen LogP contribution in [-0.2, 0) is 14.8 Å². The van der Waals surface area contributed by atoms with E-state index in [4.69, 9.17) is 4.74 Å². The standard InChI is InChI=1S/C14H21NO4S/c1-12(13-5-3-2-4-6-13)11-20(17,18)15-7-8-19-10-14(15)9-16/h2-6,12,14,16H,7-11H2,1H3. The number of ether oxygens (including phenoxy) is 1. The van der Waals surface area contributed by atoms with E-state index >= 15 is 0 Å². The molecule has 1 aliphatic rings. The maximum atomic E-state index is 12.5. The summed E-state index contributed by atoms with van der Waals surface area (Å²) in [6.45, 7) is 2.65. The van der Waals surface area contributed by atoms with Crippen molar-refractivity contribution >= 4 is 10.0 Å². The van der Waals surface area contributed by atoms with Crippen LogP contribution in [0.5, 0.6) is 0 Å². The van der Waals surface area contributed by atoms with Crippen LogP contribution >= 0.6 is 0 Å². The zero-order valence-corrected chi connectivity index (χ0v) is 12.4. The van der Waals surface area contributed by atoms with Gasteiger partial charge >= 0.3 is 0 Å².